The van der Waals surface area contributed by atoms with Crippen molar-refractivity contribution in [3.8, 4) is 5.75 Å². The van der Waals surface area contributed by atoms with Gasteiger partial charge in [0.15, 0.2) is 0 Å². The molecule has 0 spiro atoms. The molecule has 2 aromatic rings. The molecule has 0 bridgehead atoms. The van der Waals surface area contributed by atoms with Crippen LogP contribution in [0.3, 0.4) is 0 Å². The minimum Gasteiger partial charge on any atom is -0.497 e. The molecule has 0 saturated carbocycles. The minimum absolute atomic E-state index is 0.224. The summed E-state index contributed by atoms with van der Waals surface area (Å²) in [6, 6.07) is 7.93. The van der Waals surface area contributed by atoms with E-state index in [0.717, 1.165) is 22.3 Å². The number of hydrogen-bond acceptors (Lipinski definition) is 4. The maximum absolute atomic E-state index is 9.36. The molecule has 17 heavy (non-hydrogen) atoms. The molecule has 1 fully saturated rings. The zero-order valence-electron chi connectivity index (χ0n) is 9.63. The first-order valence-electron chi connectivity index (χ1n) is 5.63. The SMILES string of the molecule is COc1ccc2ccnc(N3CC(O)C3)c2c1. The second-order valence-electron chi connectivity index (χ2n) is 4.28. The minimum atomic E-state index is -0.224. The van der Waals surface area contributed by atoms with Gasteiger partial charge in [-0.2, -0.15) is 0 Å². The molecule has 1 aliphatic rings. The molecule has 0 aliphatic carbocycles. The number of rotatable bonds is 2. The van der Waals surface area contributed by atoms with Gasteiger partial charge in [-0.3, -0.25) is 0 Å². The standard InChI is InChI=1S/C13H14N2O2/c1-17-11-3-2-9-4-5-14-13(12(9)6-11)15-7-10(16)8-15/h2-6,10,16H,7-8H2,1H3. The van der Waals surface area contributed by atoms with Gasteiger partial charge in [-0.15, -0.1) is 0 Å². The normalized spacial score (nSPS) is 16.0. The predicted molar refractivity (Wildman–Crippen MR) is 66.5 cm³/mol. The summed E-state index contributed by atoms with van der Waals surface area (Å²) < 4.78 is 5.23. The Morgan fingerprint density at radius 1 is 1.35 bits per heavy atom. The van der Waals surface area contributed by atoms with Crippen LogP contribution in [0.5, 0.6) is 5.75 Å². The van der Waals surface area contributed by atoms with Crippen LogP contribution in [0.1, 0.15) is 0 Å². The smallest absolute Gasteiger partial charge is 0.136 e. The number of methoxy groups -OCH3 is 1. The largest absolute Gasteiger partial charge is 0.497 e. The number of aliphatic hydroxyl groups excluding tert-OH is 1. The van der Waals surface area contributed by atoms with Crippen LogP contribution in [0, 0.1) is 0 Å². The first-order valence-corrected chi connectivity index (χ1v) is 5.63. The van der Waals surface area contributed by atoms with Crippen LogP contribution in [0.4, 0.5) is 5.82 Å². The van der Waals surface area contributed by atoms with Crippen LogP contribution in [-0.2, 0) is 0 Å². The zero-order chi connectivity index (χ0) is 11.8. The van der Waals surface area contributed by atoms with Crippen molar-refractivity contribution < 1.29 is 9.84 Å². The highest BCUT2D eigenvalue weighted by Crippen LogP contribution is 2.30. The monoisotopic (exact) mass is 230 g/mol. The maximum atomic E-state index is 9.36. The van der Waals surface area contributed by atoms with Crippen molar-refractivity contribution in [2.24, 2.45) is 0 Å². The lowest BCUT2D eigenvalue weighted by Crippen LogP contribution is -2.51. The Bertz CT molecular complexity index is 550. The van der Waals surface area contributed by atoms with E-state index >= 15 is 0 Å². The van der Waals surface area contributed by atoms with Gasteiger partial charge in [0.2, 0.25) is 0 Å². The van der Waals surface area contributed by atoms with Gasteiger partial charge in [-0.1, -0.05) is 6.07 Å². The number of aromatic nitrogens is 1. The van der Waals surface area contributed by atoms with Crippen molar-refractivity contribution in [1.82, 2.24) is 4.98 Å². The number of nitrogens with zero attached hydrogens (tertiary/aromatic N) is 2. The molecule has 4 nitrogen and oxygen atoms in total. The quantitative estimate of drug-likeness (QED) is 0.847. The second-order valence-corrected chi connectivity index (χ2v) is 4.28. The lowest BCUT2D eigenvalue weighted by Gasteiger charge is -2.37. The summed E-state index contributed by atoms with van der Waals surface area (Å²) in [4.78, 5) is 6.47. The lowest BCUT2D eigenvalue weighted by molar-refractivity contribution is 0.141. The Balaban J connectivity index is 2.10. The summed E-state index contributed by atoms with van der Waals surface area (Å²) in [5.74, 6) is 1.75. The molecule has 2 heterocycles. The van der Waals surface area contributed by atoms with Crippen molar-refractivity contribution in [3.05, 3.63) is 30.5 Å². The van der Waals surface area contributed by atoms with Crippen LogP contribution in [0.15, 0.2) is 30.5 Å². The number of aliphatic hydroxyl groups is 1. The molecular formula is C13H14N2O2. The third kappa shape index (κ3) is 1.70. The van der Waals surface area contributed by atoms with Gasteiger partial charge in [0.25, 0.3) is 0 Å². The zero-order valence-corrected chi connectivity index (χ0v) is 9.63. The Morgan fingerprint density at radius 2 is 2.18 bits per heavy atom. The van der Waals surface area contributed by atoms with E-state index in [1.54, 1.807) is 13.3 Å². The van der Waals surface area contributed by atoms with Gasteiger partial charge < -0.3 is 14.7 Å². The Morgan fingerprint density at radius 3 is 2.88 bits per heavy atom. The van der Waals surface area contributed by atoms with Gasteiger partial charge in [0.1, 0.15) is 11.6 Å². The average molecular weight is 230 g/mol. The Kier molecular flexibility index (Phi) is 2.37. The van der Waals surface area contributed by atoms with Crippen molar-refractivity contribution in [2.75, 3.05) is 25.1 Å². The Labute approximate surface area is 99.5 Å². The van der Waals surface area contributed by atoms with Crippen molar-refractivity contribution >= 4 is 16.6 Å². The topological polar surface area (TPSA) is 45.6 Å². The van der Waals surface area contributed by atoms with E-state index in [2.05, 4.69) is 9.88 Å². The summed E-state index contributed by atoms with van der Waals surface area (Å²) in [5, 5.41) is 11.6. The molecule has 0 unspecified atom stereocenters. The number of hydrogen-bond donors (Lipinski definition) is 1. The van der Waals surface area contributed by atoms with Gasteiger partial charge >= 0.3 is 0 Å². The van der Waals surface area contributed by atoms with E-state index in [1.165, 1.54) is 0 Å². The fourth-order valence-corrected chi connectivity index (χ4v) is 2.14. The van der Waals surface area contributed by atoms with E-state index in [9.17, 15) is 5.11 Å². The van der Waals surface area contributed by atoms with Crippen LogP contribution in [-0.4, -0.2) is 36.4 Å². The van der Waals surface area contributed by atoms with E-state index in [0.29, 0.717) is 13.1 Å². The molecule has 0 amide bonds. The number of anilines is 1. The summed E-state index contributed by atoms with van der Waals surface area (Å²) >= 11 is 0. The highest BCUT2D eigenvalue weighted by molar-refractivity contribution is 5.93. The summed E-state index contributed by atoms with van der Waals surface area (Å²) in [6.45, 7) is 1.31. The van der Waals surface area contributed by atoms with E-state index < -0.39 is 0 Å². The number of fused-ring (bicyclic) bond motifs is 1. The Hall–Kier alpha value is -1.81. The fourth-order valence-electron chi connectivity index (χ4n) is 2.14. The average Bonchev–Trinajstić information content (AvgIpc) is 2.34. The molecule has 88 valence electrons. The molecule has 1 aromatic heterocycles. The van der Waals surface area contributed by atoms with Gasteiger partial charge in [-0.05, 0) is 23.6 Å². The van der Waals surface area contributed by atoms with Gasteiger partial charge in [0.05, 0.1) is 13.2 Å². The number of benzene rings is 1. The molecule has 1 saturated heterocycles. The molecule has 3 rings (SSSR count). The number of pyridine rings is 1. The van der Waals surface area contributed by atoms with Crippen molar-refractivity contribution in [1.29, 1.82) is 0 Å². The van der Waals surface area contributed by atoms with Gasteiger partial charge in [-0.25, -0.2) is 4.98 Å². The number of β-amino-alcohol motifs (C(OH)–C–C–N with tert-alkyl or cyclic N) is 1. The van der Waals surface area contributed by atoms with E-state index in [1.807, 2.05) is 24.3 Å². The van der Waals surface area contributed by atoms with Crippen LogP contribution in [0.25, 0.3) is 10.8 Å². The summed E-state index contributed by atoms with van der Waals surface area (Å²) in [6.07, 6.45) is 1.58. The number of ether oxygens (including phenoxy) is 1. The highest BCUT2D eigenvalue weighted by Gasteiger charge is 2.26. The summed E-state index contributed by atoms with van der Waals surface area (Å²) in [7, 11) is 1.66. The van der Waals surface area contributed by atoms with Crippen molar-refractivity contribution in [3.63, 3.8) is 0 Å². The highest BCUT2D eigenvalue weighted by atomic mass is 16.5. The molecule has 0 radical (unpaired) electrons. The van der Waals surface area contributed by atoms with Crippen LogP contribution < -0.4 is 9.64 Å². The first-order chi connectivity index (χ1) is 8.28. The molecule has 1 N–H and O–H groups in total. The summed E-state index contributed by atoms with van der Waals surface area (Å²) in [5.41, 5.74) is 0. The molecule has 0 atom stereocenters. The molecular weight excluding hydrogens is 216 g/mol. The van der Waals surface area contributed by atoms with Crippen molar-refractivity contribution in [2.45, 2.75) is 6.10 Å². The second kappa shape index (κ2) is 3.89. The molecule has 1 aromatic carbocycles. The fraction of sp³-hybridized carbons (Fsp3) is 0.308. The van der Waals surface area contributed by atoms with Gasteiger partial charge in [0, 0.05) is 24.7 Å². The van der Waals surface area contributed by atoms with Crippen LogP contribution >= 0.6 is 0 Å². The molecule has 1 aliphatic heterocycles. The molecule has 4 heteroatoms. The predicted octanol–water partition coefficient (Wildman–Crippen LogP) is 1.42. The maximum Gasteiger partial charge on any atom is 0.136 e. The first kappa shape index (κ1) is 10.4. The third-order valence-corrected chi connectivity index (χ3v) is 3.11. The third-order valence-electron chi connectivity index (χ3n) is 3.11. The lowest BCUT2D eigenvalue weighted by atomic mass is 10.1. The van der Waals surface area contributed by atoms with E-state index in [4.69, 9.17) is 4.74 Å². The van der Waals surface area contributed by atoms with Crippen LogP contribution in [0.2, 0.25) is 0 Å². The van der Waals surface area contributed by atoms with E-state index in [-0.39, 0.29) is 6.10 Å².